The molecule has 1 fully saturated rings. The van der Waals surface area contributed by atoms with Crippen LogP contribution in [0.2, 0.25) is 0 Å². The molecule has 0 amide bonds. The Labute approximate surface area is 116 Å². The van der Waals surface area contributed by atoms with Crippen molar-refractivity contribution in [3.05, 3.63) is 28.2 Å². The lowest BCUT2D eigenvalue weighted by atomic mass is 9.97. The summed E-state index contributed by atoms with van der Waals surface area (Å²) in [6, 6.07) is 5.52. The fourth-order valence-corrected chi connectivity index (χ4v) is 2.45. The number of carbonyl (C=O) groups excluding carboxylic acids is 1. The van der Waals surface area contributed by atoms with Crippen molar-refractivity contribution in [2.24, 2.45) is 5.92 Å². The second-order valence-electron chi connectivity index (χ2n) is 4.42. The second kappa shape index (κ2) is 6.34. The minimum Gasteiger partial charge on any atom is -0.492 e. The van der Waals surface area contributed by atoms with Gasteiger partial charge in [0.25, 0.3) is 0 Å². The predicted octanol–water partition coefficient (Wildman–Crippen LogP) is 3.46. The molecule has 1 heterocycles. The normalized spacial score (nSPS) is 18.9. The van der Waals surface area contributed by atoms with E-state index in [1.165, 1.54) is 0 Å². The highest BCUT2D eigenvalue weighted by Gasteiger charge is 2.24. The monoisotopic (exact) mass is 312 g/mol. The van der Waals surface area contributed by atoms with Gasteiger partial charge in [-0.25, -0.2) is 0 Å². The molecule has 4 heteroatoms. The smallest absolute Gasteiger partial charge is 0.168 e. The Kier molecular flexibility index (Phi) is 4.78. The summed E-state index contributed by atoms with van der Waals surface area (Å²) in [4.78, 5) is 12.2. The summed E-state index contributed by atoms with van der Waals surface area (Å²) < 4.78 is 11.6. The molecule has 2 rings (SSSR count). The number of rotatable bonds is 5. The first kappa shape index (κ1) is 13.6. The largest absolute Gasteiger partial charge is 0.492 e. The average molecular weight is 313 g/mol. The van der Waals surface area contributed by atoms with Crippen LogP contribution in [-0.4, -0.2) is 25.6 Å². The summed E-state index contributed by atoms with van der Waals surface area (Å²) in [5.74, 6) is 0.964. The molecule has 1 unspecified atom stereocenters. The van der Waals surface area contributed by atoms with Crippen LogP contribution < -0.4 is 4.74 Å². The number of Topliss-reactive ketones (excluding diaryl/α,β-unsaturated/α-hetero) is 1. The van der Waals surface area contributed by atoms with E-state index in [0.29, 0.717) is 19.8 Å². The van der Waals surface area contributed by atoms with Crippen LogP contribution in [0.3, 0.4) is 0 Å². The summed E-state index contributed by atoms with van der Waals surface area (Å²) >= 11 is 3.45. The lowest BCUT2D eigenvalue weighted by molar-refractivity contribution is 0.0900. The number of halogens is 1. The molecule has 0 N–H and O–H groups in total. The number of hydrogen-bond donors (Lipinski definition) is 0. The zero-order valence-electron chi connectivity index (χ0n) is 10.4. The van der Waals surface area contributed by atoms with Crippen molar-refractivity contribution in [2.75, 3.05) is 19.8 Å². The third-order valence-electron chi connectivity index (χ3n) is 2.98. The quantitative estimate of drug-likeness (QED) is 0.781. The average Bonchev–Trinajstić information content (AvgIpc) is 2.90. The minimum atomic E-state index is 0.0133. The number of hydrogen-bond acceptors (Lipinski definition) is 3. The Morgan fingerprint density at radius 3 is 3.00 bits per heavy atom. The van der Waals surface area contributed by atoms with Gasteiger partial charge >= 0.3 is 0 Å². The fraction of sp³-hybridized carbons (Fsp3) is 0.500. The van der Waals surface area contributed by atoms with Gasteiger partial charge < -0.3 is 9.47 Å². The molecule has 1 aliphatic rings. The zero-order valence-corrected chi connectivity index (χ0v) is 12.0. The van der Waals surface area contributed by atoms with Gasteiger partial charge in [0.05, 0.1) is 17.7 Å². The Morgan fingerprint density at radius 1 is 1.56 bits per heavy atom. The summed E-state index contributed by atoms with van der Waals surface area (Å²) in [5, 5.41) is 0. The van der Waals surface area contributed by atoms with E-state index in [-0.39, 0.29) is 11.7 Å². The van der Waals surface area contributed by atoms with E-state index in [4.69, 9.17) is 9.47 Å². The highest BCUT2D eigenvalue weighted by atomic mass is 79.9. The Hall–Kier alpha value is -0.870. The van der Waals surface area contributed by atoms with Crippen LogP contribution >= 0.6 is 15.9 Å². The summed E-state index contributed by atoms with van der Waals surface area (Å²) in [7, 11) is 0. The molecule has 0 saturated carbocycles. The molecule has 1 aromatic rings. The molecule has 1 aliphatic heterocycles. The maximum atomic E-state index is 12.2. The summed E-state index contributed by atoms with van der Waals surface area (Å²) in [5.41, 5.74) is 0.723. The first-order valence-corrected chi connectivity index (χ1v) is 7.06. The maximum absolute atomic E-state index is 12.2. The summed E-state index contributed by atoms with van der Waals surface area (Å²) in [6.45, 7) is 3.98. The molecule has 3 nitrogen and oxygen atoms in total. The second-order valence-corrected chi connectivity index (χ2v) is 5.27. The maximum Gasteiger partial charge on any atom is 0.168 e. The van der Waals surface area contributed by atoms with Crippen LogP contribution in [0.5, 0.6) is 5.75 Å². The van der Waals surface area contributed by atoms with Gasteiger partial charge in [-0.3, -0.25) is 4.79 Å². The fourth-order valence-electron chi connectivity index (χ4n) is 1.96. The molecule has 1 aromatic carbocycles. The highest BCUT2D eigenvalue weighted by molar-refractivity contribution is 9.10. The molecule has 18 heavy (non-hydrogen) atoms. The van der Waals surface area contributed by atoms with E-state index in [9.17, 15) is 4.79 Å². The lowest BCUT2D eigenvalue weighted by Crippen LogP contribution is -2.14. The topological polar surface area (TPSA) is 35.5 Å². The van der Waals surface area contributed by atoms with Gasteiger partial charge in [-0.15, -0.1) is 0 Å². The van der Waals surface area contributed by atoms with Gasteiger partial charge in [-0.05, 0) is 47.0 Å². The molecule has 0 aromatic heterocycles. The lowest BCUT2D eigenvalue weighted by Gasteiger charge is -2.10. The number of benzene rings is 1. The van der Waals surface area contributed by atoms with E-state index in [1.54, 1.807) is 0 Å². The Balaban J connectivity index is 2.10. The molecular weight excluding hydrogens is 296 g/mol. The molecule has 0 radical (unpaired) electrons. The van der Waals surface area contributed by atoms with E-state index in [2.05, 4.69) is 22.9 Å². The molecule has 0 bridgehead atoms. The third kappa shape index (κ3) is 3.12. The first-order chi connectivity index (χ1) is 8.72. The molecule has 1 atom stereocenters. The van der Waals surface area contributed by atoms with Gasteiger partial charge in [-0.1, -0.05) is 6.92 Å². The van der Waals surface area contributed by atoms with Gasteiger partial charge in [0.1, 0.15) is 5.75 Å². The molecule has 0 aliphatic carbocycles. The molecule has 0 spiro atoms. The van der Waals surface area contributed by atoms with Crippen LogP contribution in [0, 0.1) is 5.92 Å². The SMILES string of the molecule is CCCOc1ccc(C(=O)C2CCOC2)cc1Br. The van der Waals surface area contributed by atoms with Crippen LogP contribution in [0.25, 0.3) is 0 Å². The van der Waals surface area contributed by atoms with Crippen molar-refractivity contribution >= 4 is 21.7 Å². The third-order valence-corrected chi connectivity index (χ3v) is 3.60. The van der Waals surface area contributed by atoms with Gasteiger partial charge in [-0.2, -0.15) is 0 Å². The van der Waals surface area contributed by atoms with E-state index >= 15 is 0 Å². The van der Waals surface area contributed by atoms with Gasteiger partial charge in [0.15, 0.2) is 5.78 Å². The van der Waals surface area contributed by atoms with Crippen LogP contribution in [0.4, 0.5) is 0 Å². The van der Waals surface area contributed by atoms with Crippen molar-refractivity contribution in [3.63, 3.8) is 0 Å². The van der Waals surface area contributed by atoms with Crippen molar-refractivity contribution in [1.29, 1.82) is 0 Å². The first-order valence-electron chi connectivity index (χ1n) is 6.26. The van der Waals surface area contributed by atoms with Crippen molar-refractivity contribution < 1.29 is 14.3 Å². The van der Waals surface area contributed by atoms with Crippen molar-refractivity contribution in [1.82, 2.24) is 0 Å². The minimum absolute atomic E-state index is 0.0133. The highest BCUT2D eigenvalue weighted by Crippen LogP contribution is 2.28. The number of ketones is 1. The standard InChI is InChI=1S/C14H17BrO3/c1-2-6-18-13-4-3-10(8-12(13)15)14(16)11-5-7-17-9-11/h3-4,8,11H,2,5-7,9H2,1H3. The molecule has 98 valence electrons. The molecule has 1 saturated heterocycles. The van der Waals surface area contributed by atoms with Gasteiger partial charge in [0, 0.05) is 18.1 Å². The predicted molar refractivity (Wildman–Crippen MR) is 73.2 cm³/mol. The Morgan fingerprint density at radius 2 is 2.39 bits per heavy atom. The number of carbonyl (C=O) groups is 1. The number of ether oxygens (including phenoxy) is 2. The molecular formula is C14H17BrO3. The Bertz CT molecular complexity index is 425. The zero-order chi connectivity index (χ0) is 13.0. The van der Waals surface area contributed by atoms with Crippen molar-refractivity contribution in [2.45, 2.75) is 19.8 Å². The van der Waals surface area contributed by atoms with Crippen LogP contribution in [-0.2, 0) is 4.74 Å². The van der Waals surface area contributed by atoms with E-state index < -0.39 is 0 Å². The summed E-state index contributed by atoms with van der Waals surface area (Å²) in [6.07, 6.45) is 1.79. The van der Waals surface area contributed by atoms with Crippen molar-refractivity contribution in [3.8, 4) is 5.75 Å². The van der Waals surface area contributed by atoms with E-state index in [1.807, 2.05) is 18.2 Å². The van der Waals surface area contributed by atoms with Crippen LogP contribution in [0.1, 0.15) is 30.1 Å². The van der Waals surface area contributed by atoms with Gasteiger partial charge in [0.2, 0.25) is 0 Å². The van der Waals surface area contributed by atoms with Crippen LogP contribution in [0.15, 0.2) is 22.7 Å². The van der Waals surface area contributed by atoms with E-state index in [0.717, 1.165) is 28.6 Å².